The lowest BCUT2D eigenvalue weighted by Crippen LogP contribution is -2.23. The van der Waals surface area contributed by atoms with Crippen LogP contribution in [0.5, 0.6) is 5.75 Å². The first kappa shape index (κ1) is 15.3. The Morgan fingerprint density at radius 1 is 1.20 bits per heavy atom. The number of hydrogen-bond donors (Lipinski definition) is 2. The Morgan fingerprint density at radius 3 is 2.60 bits per heavy atom. The quantitative estimate of drug-likeness (QED) is 0.745. The first-order valence-electron chi connectivity index (χ1n) is 7.89. The number of hydrogen-bond acceptors (Lipinski definition) is 3. The Kier molecular flexibility index (Phi) is 6.34. The van der Waals surface area contributed by atoms with E-state index in [4.69, 9.17) is 4.74 Å². The largest absolute Gasteiger partial charge is 0.508 e. The van der Waals surface area contributed by atoms with Crippen LogP contribution in [0.2, 0.25) is 0 Å². The average molecular weight is 277 g/mol. The third kappa shape index (κ3) is 5.14. The summed E-state index contributed by atoms with van der Waals surface area (Å²) in [6, 6.07) is 7.71. The molecular formula is C17H27NO2. The second-order valence-electron chi connectivity index (χ2n) is 5.75. The molecule has 2 N–H and O–H groups in total. The highest BCUT2D eigenvalue weighted by molar-refractivity contribution is 5.27. The van der Waals surface area contributed by atoms with Crippen LogP contribution >= 0.6 is 0 Å². The first-order chi connectivity index (χ1) is 9.75. The molecule has 1 aliphatic carbocycles. The van der Waals surface area contributed by atoms with E-state index in [0.717, 1.165) is 19.6 Å². The molecular weight excluding hydrogens is 250 g/mol. The van der Waals surface area contributed by atoms with Crippen LogP contribution in [-0.4, -0.2) is 24.4 Å². The van der Waals surface area contributed by atoms with Gasteiger partial charge in [0.2, 0.25) is 0 Å². The van der Waals surface area contributed by atoms with E-state index in [1.165, 1.54) is 37.7 Å². The van der Waals surface area contributed by atoms with Crippen molar-refractivity contribution in [1.82, 2.24) is 5.32 Å². The topological polar surface area (TPSA) is 41.5 Å². The van der Waals surface area contributed by atoms with Gasteiger partial charge in [-0.15, -0.1) is 0 Å². The Labute approximate surface area is 122 Å². The second-order valence-corrected chi connectivity index (χ2v) is 5.75. The molecule has 0 spiro atoms. The third-order valence-corrected chi connectivity index (χ3v) is 4.07. The van der Waals surface area contributed by atoms with Gasteiger partial charge in [-0.2, -0.15) is 0 Å². The van der Waals surface area contributed by atoms with Crippen LogP contribution in [0.3, 0.4) is 0 Å². The zero-order chi connectivity index (χ0) is 14.2. The molecule has 0 amide bonds. The predicted molar refractivity (Wildman–Crippen MR) is 82.0 cm³/mol. The lowest BCUT2D eigenvalue weighted by atomic mass is 9.98. The average Bonchev–Trinajstić information content (AvgIpc) is 2.48. The summed E-state index contributed by atoms with van der Waals surface area (Å²) < 4.78 is 5.91. The van der Waals surface area contributed by atoms with Crippen molar-refractivity contribution in [3.8, 4) is 5.75 Å². The van der Waals surface area contributed by atoms with Gasteiger partial charge in [-0.25, -0.2) is 0 Å². The minimum Gasteiger partial charge on any atom is -0.508 e. The monoisotopic (exact) mass is 277 g/mol. The molecule has 2 rings (SSSR count). The summed E-state index contributed by atoms with van der Waals surface area (Å²) in [6.07, 6.45) is 8.11. The summed E-state index contributed by atoms with van der Waals surface area (Å²) in [6.45, 7) is 3.98. The van der Waals surface area contributed by atoms with Crippen molar-refractivity contribution in [3.63, 3.8) is 0 Å². The summed E-state index contributed by atoms with van der Waals surface area (Å²) in [7, 11) is 0. The fourth-order valence-electron chi connectivity index (χ4n) is 2.75. The first-order valence-corrected chi connectivity index (χ1v) is 7.89. The molecule has 112 valence electrons. The van der Waals surface area contributed by atoms with Crippen LogP contribution in [0, 0.1) is 0 Å². The molecule has 0 saturated heterocycles. The number of nitrogens with one attached hydrogen (secondary N) is 1. The highest BCUT2D eigenvalue weighted by atomic mass is 16.5. The lowest BCUT2D eigenvalue weighted by molar-refractivity contribution is 0.0271. The fraction of sp³-hybridized carbons (Fsp3) is 0.647. The summed E-state index contributed by atoms with van der Waals surface area (Å²) >= 11 is 0. The maximum absolute atomic E-state index is 9.27. The molecule has 0 radical (unpaired) electrons. The second kappa shape index (κ2) is 8.28. The zero-order valence-electron chi connectivity index (χ0n) is 12.5. The van der Waals surface area contributed by atoms with Crippen molar-refractivity contribution >= 4 is 0 Å². The van der Waals surface area contributed by atoms with Crippen LogP contribution in [0.25, 0.3) is 0 Å². The van der Waals surface area contributed by atoms with Crippen molar-refractivity contribution < 1.29 is 9.84 Å². The highest BCUT2D eigenvalue weighted by Gasteiger charge is 2.13. The molecule has 1 unspecified atom stereocenters. The molecule has 1 aliphatic rings. The summed E-state index contributed by atoms with van der Waals surface area (Å²) in [5, 5.41) is 12.8. The number of phenols is 1. The molecule has 1 aromatic rings. The van der Waals surface area contributed by atoms with Gasteiger partial charge in [0, 0.05) is 12.6 Å². The van der Waals surface area contributed by atoms with E-state index in [0.29, 0.717) is 17.9 Å². The van der Waals surface area contributed by atoms with Gasteiger partial charge in [-0.3, -0.25) is 0 Å². The molecule has 0 aliphatic heterocycles. The summed E-state index contributed by atoms with van der Waals surface area (Å²) in [4.78, 5) is 0. The standard InChI is InChI=1S/C17H27NO2/c1-14(15-8-10-16(19)11-9-15)18-12-5-13-20-17-6-3-2-4-7-17/h8-11,14,17-19H,2-7,12-13H2,1H3. The number of rotatable bonds is 7. The summed E-state index contributed by atoms with van der Waals surface area (Å²) in [5.41, 5.74) is 1.20. The van der Waals surface area contributed by atoms with Crippen LogP contribution < -0.4 is 5.32 Å². The SMILES string of the molecule is CC(NCCCOC1CCCCC1)c1ccc(O)cc1. The highest BCUT2D eigenvalue weighted by Crippen LogP contribution is 2.20. The number of benzene rings is 1. The third-order valence-electron chi connectivity index (χ3n) is 4.07. The molecule has 1 fully saturated rings. The van der Waals surface area contributed by atoms with Crippen molar-refractivity contribution in [2.45, 2.75) is 57.6 Å². The maximum Gasteiger partial charge on any atom is 0.115 e. The van der Waals surface area contributed by atoms with E-state index in [1.807, 2.05) is 12.1 Å². The van der Waals surface area contributed by atoms with Crippen LogP contribution in [0.15, 0.2) is 24.3 Å². The van der Waals surface area contributed by atoms with Gasteiger partial charge in [0.05, 0.1) is 6.10 Å². The van der Waals surface area contributed by atoms with E-state index in [9.17, 15) is 5.11 Å². The van der Waals surface area contributed by atoms with E-state index < -0.39 is 0 Å². The molecule has 0 bridgehead atoms. The predicted octanol–water partition coefficient (Wildman–Crippen LogP) is 3.78. The minimum atomic E-state index is 0.310. The van der Waals surface area contributed by atoms with Crippen LogP contribution in [0.1, 0.15) is 57.1 Å². The maximum atomic E-state index is 9.27. The Balaban J connectivity index is 1.57. The van der Waals surface area contributed by atoms with Gasteiger partial charge in [0.15, 0.2) is 0 Å². The molecule has 20 heavy (non-hydrogen) atoms. The fourth-order valence-corrected chi connectivity index (χ4v) is 2.75. The van der Waals surface area contributed by atoms with Crippen molar-refractivity contribution in [2.24, 2.45) is 0 Å². The van der Waals surface area contributed by atoms with E-state index >= 15 is 0 Å². The van der Waals surface area contributed by atoms with Crippen molar-refractivity contribution in [1.29, 1.82) is 0 Å². The molecule has 1 aromatic carbocycles. The Morgan fingerprint density at radius 2 is 1.90 bits per heavy atom. The van der Waals surface area contributed by atoms with Gasteiger partial charge in [-0.1, -0.05) is 31.4 Å². The molecule has 1 saturated carbocycles. The summed E-state index contributed by atoms with van der Waals surface area (Å²) in [5.74, 6) is 0.321. The number of aromatic hydroxyl groups is 1. The van der Waals surface area contributed by atoms with Gasteiger partial charge >= 0.3 is 0 Å². The normalized spacial score (nSPS) is 18.1. The molecule has 3 nitrogen and oxygen atoms in total. The minimum absolute atomic E-state index is 0.310. The molecule has 0 heterocycles. The lowest BCUT2D eigenvalue weighted by Gasteiger charge is -2.22. The molecule has 3 heteroatoms. The zero-order valence-corrected chi connectivity index (χ0v) is 12.5. The van der Waals surface area contributed by atoms with Crippen molar-refractivity contribution in [2.75, 3.05) is 13.2 Å². The Bertz CT molecular complexity index is 371. The molecule has 1 atom stereocenters. The van der Waals surface area contributed by atoms with E-state index in [1.54, 1.807) is 12.1 Å². The number of phenolic OH excluding ortho intramolecular Hbond substituents is 1. The van der Waals surface area contributed by atoms with Crippen LogP contribution in [0.4, 0.5) is 0 Å². The Hall–Kier alpha value is -1.06. The van der Waals surface area contributed by atoms with E-state index in [-0.39, 0.29) is 0 Å². The van der Waals surface area contributed by atoms with E-state index in [2.05, 4.69) is 12.2 Å². The van der Waals surface area contributed by atoms with Crippen LogP contribution in [-0.2, 0) is 4.74 Å². The van der Waals surface area contributed by atoms with Crippen molar-refractivity contribution in [3.05, 3.63) is 29.8 Å². The molecule has 0 aromatic heterocycles. The van der Waals surface area contributed by atoms with Gasteiger partial charge in [0.1, 0.15) is 5.75 Å². The smallest absolute Gasteiger partial charge is 0.115 e. The van der Waals surface area contributed by atoms with Gasteiger partial charge in [-0.05, 0) is 50.4 Å². The number of ether oxygens (including phenoxy) is 1. The van der Waals surface area contributed by atoms with Gasteiger partial charge in [0.25, 0.3) is 0 Å². The van der Waals surface area contributed by atoms with Gasteiger partial charge < -0.3 is 15.2 Å².